The SMILES string of the molecule is CCCOc1ccc(C(=O)CCC(=O)N2CC(C(=O)O)CCC2C)cc1. The molecule has 1 amide bonds. The molecule has 2 unspecified atom stereocenters. The zero-order valence-electron chi connectivity index (χ0n) is 15.4. The molecule has 1 aromatic carbocycles. The molecule has 6 nitrogen and oxygen atoms in total. The zero-order chi connectivity index (χ0) is 19.1. The number of aliphatic carboxylic acids is 1. The predicted molar refractivity (Wildman–Crippen MR) is 97.3 cm³/mol. The van der Waals surface area contributed by atoms with Crippen molar-refractivity contribution in [2.45, 2.75) is 52.0 Å². The summed E-state index contributed by atoms with van der Waals surface area (Å²) in [6.07, 6.45) is 2.40. The van der Waals surface area contributed by atoms with E-state index in [1.54, 1.807) is 29.2 Å². The molecule has 142 valence electrons. The lowest BCUT2D eigenvalue weighted by Crippen LogP contribution is -2.47. The number of carbonyl (C=O) groups excluding carboxylic acids is 2. The summed E-state index contributed by atoms with van der Waals surface area (Å²) in [7, 11) is 0. The third kappa shape index (κ3) is 5.31. The van der Waals surface area contributed by atoms with E-state index in [0.717, 1.165) is 12.2 Å². The summed E-state index contributed by atoms with van der Waals surface area (Å²) >= 11 is 0. The van der Waals surface area contributed by atoms with E-state index in [0.29, 0.717) is 25.0 Å². The van der Waals surface area contributed by atoms with Gasteiger partial charge in [0.2, 0.25) is 5.91 Å². The molecule has 1 aliphatic rings. The zero-order valence-corrected chi connectivity index (χ0v) is 15.4. The van der Waals surface area contributed by atoms with E-state index in [1.165, 1.54) is 0 Å². The van der Waals surface area contributed by atoms with Crippen LogP contribution in [0.5, 0.6) is 5.75 Å². The highest BCUT2D eigenvalue weighted by Gasteiger charge is 2.32. The smallest absolute Gasteiger partial charge is 0.308 e. The Morgan fingerprint density at radius 3 is 2.46 bits per heavy atom. The van der Waals surface area contributed by atoms with Crippen molar-refractivity contribution in [2.75, 3.05) is 13.2 Å². The fourth-order valence-electron chi connectivity index (χ4n) is 3.12. The molecular formula is C20H27NO5. The van der Waals surface area contributed by atoms with Crippen LogP contribution in [-0.2, 0) is 9.59 Å². The second-order valence-electron chi connectivity index (χ2n) is 6.80. The molecule has 2 rings (SSSR count). The lowest BCUT2D eigenvalue weighted by molar-refractivity contribution is -0.147. The van der Waals surface area contributed by atoms with Gasteiger partial charge in [-0.1, -0.05) is 6.92 Å². The number of ether oxygens (including phenoxy) is 1. The average Bonchev–Trinajstić information content (AvgIpc) is 2.64. The Bertz CT molecular complexity index is 640. The number of carbonyl (C=O) groups is 3. The monoisotopic (exact) mass is 361 g/mol. The molecular weight excluding hydrogens is 334 g/mol. The van der Waals surface area contributed by atoms with Crippen LogP contribution in [0.3, 0.4) is 0 Å². The van der Waals surface area contributed by atoms with Crippen molar-refractivity contribution in [2.24, 2.45) is 5.92 Å². The van der Waals surface area contributed by atoms with Gasteiger partial charge in [-0.05, 0) is 50.5 Å². The lowest BCUT2D eigenvalue weighted by atomic mass is 9.93. The average molecular weight is 361 g/mol. The van der Waals surface area contributed by atoms with Crippen LogP contribution in [0, 0.1) is 5.92 Å². The highest BCUT2D eigenvalue weighted by Crippen LogP contribution is 2.23. The first-order valence-corrected chi connectivity index (χ1v) is 9.20. The highest BCUT2D eigenvalue weighted by atomic mass is 16.5. The molecule has 1 saturated heterocycles. The number of likely N-dealkylation sites (tertiary alicyclic amines) is 1. The Kier molecular flexibility index (Phi) is 7.18. The van der Waals surface area contributed by atoms with Crippen molar-refractivity contribution in [1.82, 2.24) is 4.90 Å². The van der Waals surface area contributed by atoms with Crippen LogP contribution in [0.4, 0.5) is 0 Å². The van der Waals surface area contributed by atoms with E-state index in [-0.39, 0.29) is 37.1 Å². The van der Waals surface area contributed by atoms with Crippen molar-refractivity contribution >= 4 is 17.7 Å². The molecule has 0 radical (unpaired) electrons. The first-order chi connectivity index (χ1) is 12.4. The van der Waals surface area contributed by atoms with Gasteiger partial charge in [-0.25, -0.2) is 0 Å². The number of carboxylic acids is 1. The Morgan fingerprint density at radius 2 is 1.85 bits per heavy atom. The van der Waals surface area contributed by atoms with Gasteiger partial charge in [-0.15, -0.1) is 0 Å². The van der Waals surface area contributed by atoms with Crippen molar-refractivity contribution in [1.29, 1.82) is 0 Å². The van der Waals surface area contributed by atoms with Crippen molar-refractivity contribution in [3.63, 3.8) is 0 Å². The summed E-state index contributed by atoms with van der Waals surface area (Å²) in [5.74, 6) is -0.904. The molecule has 1 heterocycles. The molecule has 26 heavy (non-hydrogen) atoms. The fraction of sp³-hybridized carbons (Fsp3) is 0.550. The van der Waals surface area contributed by atoms with Gasteiger partial charge in [-0.2, -0.15) is 0 Å². The molecule has 6 heteroatoms. The number of hydrogen-bond donors (Lipinski definition) is 1. The molecule has 0 bridgehead atoms. The molecule has 0 spiro atoms. The molecule has 0 aromatic heterocycles. The van der Waals surface area contributed by atoms with Crippen molar-refractivity contribution in [3.05, 3.63) is 29.8 Å². The third-order valence-corrected chi connectivity index (χ3v) is 4.77. The second-order valence-corrected chi connectivity index (χ2v) is 6.80. The van der Waals surface area contributed by atoms with Crippen LogP contribution < -0.4 is 4.74 Å². The van der Waals surface area contributed by atoms with Gasteiger partial charge in [-0.3, -0.25) is 14.4 Å². The summed E-state index contributed by atoms with van der Waals surface area (Å²) in [5.41, 5.74) is 0.553. The van der Waals surface area contributed by atoms with Crippen LogP contribution >= 0.6 is 0 Å². The number of benzene rings is 1. The molecule has 0 saturated carbocycles. The number of rotatable bonds is 8. The van der Waals surface area contributed by atoms with E-state index in [4.69, 9.17) is 9.84 Å². The maximum absolute atomic E-state index is 12.4. The summed E-state index contributed by atoms with van der Waals surface area (Å²) < 4.78 is 5.49. The highest BCUT2D eigenvalue weighted by molar-refractivity contribution is 5.98. The van der Waals surface area contributed by atoms with Gasteiger partial charge < -0.3 is 14.7 Å². The quantitative estimate of drug-likeness (QED) is 0.719. The predicted octanol–water partition coefficient (Wildman–Crippen LogP) is 3.15. The van der Waals surface area contributed by atoms with Crippen LogP contribution in [0.1, 0.15) is 56.3 Å². The standard InChI is InChI=1S/C20H27NO5/c1-3-12-26-17-8-6-15(7-9-17)18(22)10-11-19(23)21-13-16(20(24)25)5-4-14(21)2/h6-9,14,16H,3-5,10-13H2,1-2H3,(H,24,25). The Labute approximate surface area is 154 Å². The van der Waals surface area contributed by atoms with Crippen molar-refractivity contribution < 1.29 is 24.2 Å². The van der Waals surface area contributed by atoms with Gasteiger partial charge in [0.25, 0.3) is 0 Å². The maximum atomic E-state index is 12.4. The lowest BCUT2D eigenvalue weighted by Gasteiger charge is -2.36. The van der Waals surface area contributed by atoms with E-state index in [2.05, 4.69) is 0 Å². The first-order valence-electron chi connectivity index (χ1n) is 9.20. The van der Waals surface area contributed by atoms with Crippen molar-refractivity contribution in [3.8, 4) is 5.75 Å². The molecule has 1 N–H and O–H groups in total. The largest absolute Gasteiger partial charge is 0.494 e. The number of amides is 1. The Balaban J connectivity index is 1.87. The van der Waals surface area contributed by atoms with Gasteiger partial charge in [0.15, 0.2) is 5.78 Å². The number of nitrogens with zero attached hydrogens (tertiary/aromatic N) is 1. The van der Waals surface area contributed by atoms with E-state index >= 15 is 0 Å². The van der Waals surface area contributed by atoms with Crippen LogP contribution in [0.25, 0.3) is 0 Å². The van der Waals surface area contributed by atoms with Gasteiger partial charge >= 0.3 is 5.97 Å². The van der Waals surface area contributed by atoms with E-state index < -0.39 is 11.9 Å². The number of hydrogen-bond acceptors (Lipinski definition) is 4. The number of Topliss-reactive ketones (excluding diaryl/α,β-unsaturated/α-hetero) is 1. The van der Waals surface area contributed by atoms with Gasteiger partial charge in [0.05, 0.1) is 12.5 Å². The number of piperidine rings is 1. The summed E-state index contributed by atoms with van der Waals surface area (Å²) in [5, 5.41) is 9.16. The van der Waals surface area contributed by atoms with Crippen LogP contribution in [0.2, 0.25) is 0 Å². The number of carboxylic acid groups (broad SMARTS) is 1. The van der Waals surface area contributed by atoms with Gasteiger partial charge in [0, 0.05) is 31.0 Å². The van der Waals surface area contributed by atoms with E-state index in [9.17, 15) is 14.4 Å². The maximum Gasteiger partial charge on any atom is 0.308 e. The molecule has 0 aliphatic carbocycles. The van der Waals surface area contributed by atoms with Crippen LogP contribution in [-0.4, -0.2) is 46.9 Å². The molecule has 2 atom stereocenters. The summed E-state index contributed by atoms with van der Waals surface area (Å²) in [6, 6.07) is 6.95. The minimum Gasteiger partial charge on any atom is -0.494 e. The Hall–Kier alpha value is -2.37. The molecule has 1 aliphatic heterocycles. The minimum absolute atomic E-state index is 0.0169. The third-order valence-electron chi connectivity index (χ3n) is 4.77. The minimum atomic E-state index is -0.865. The topological polar surface area (TPSA) is 83.9 Å². The first kappa shape index (κ1) is 19.9. The second kappa shape index (κ2) is 9.36. The summed E-state index contributed by atoms with van der Waals surface area (Å²) in [4.78, 5) is 37.5. The summed E-state index contributed by atoms with van der Waals surface area (Å²) in [6.45, 7) is 4.81. The molecule has 1 aromatic rings. The normalized spacial score (nSPS) is 19.8. The van der Waals surface area contributed by atoms with Crippen LogP contribution in [0.15, 0.2) is 24.3 Å². The fourth-order valence-corrected chi connectivity index (χ4v) is 3.12. The molecule has 1 fully saturated rings. The van der Waals surface area contributed by atoms with Gasteiger partial charge in [0.1, 0.15) is 5.75 Å². The number of ketones is 1. The van der Waals surface area contributed by atoms with E-state index in [1.807, 2.05) is 13.8 Å². The Morgan fingerprint density at radius 1 is 1.15 bits per heavy atom.